The number of nitrogens with one attached hydrogen (secondary N) is 1. The highest BCUT2D eigenvalue weighted by molar-refractivity contribution is 9.10. The third-order valence-electron chi connectivity index (χ3n) is 2.74. The van der Waals surface area contributed by atoms with Crippen LogP contribution in [0.3, 0.4) is 0 Å². The topological polar surface area (TPSA) is 42.0 Å². The van der Waals surface area contributed by atoms with Gasteiger partial charge in [0.05, 0.1) is 16.9 Å². The van der Waals surface area contributed by atoms with E-state index >= 15 is 0 Å². The van der Waals surface area contributed by atoms with Crippen molar-refractivity contribution in [2.45, 2.75) is 13.8 Å². The van der Waals surface area contributed by atoms with E-state index in [4.69, 9.17) is 11.6 Å². The monoisotopic (exact) mass is 338 g/mol. The number of benzene rings is 1. The molecule has 0 aliphatic heterocycles. The van der Waals surface area contributed by atoms with E-state index in [1.807, 2.05) is 19.1 Å². The molecule has 1 aromatic heterocycles. The van der Waals surface area contributed by atoms with Crippen molar-refractivity contribution in [1.82, 2.24) is 4.98 Å². The number of halogens is 2. The molecule has 0 radical (unpaired) electrons. The minimum absolute atomic E-state index is 0.178. The Morgan fingerprint density at radius 3 is 2.68 bits per heavy atom. The first kappa shape index (κ1) is 14.0. The highest BCUT2D eigenvalue weighted by Gasteiger charge is 2.12. The molecule has 1 N–H and O–H groups in total. The van der Waals surface area contributed by atoms with Gasteiger partial charge in [-0.05, 0) is 53.5 Å². The molecule has 3 nitrogen and oxygen atoms in total. The fourth-order valence-electron chi connectivity index (χ4n) is 1.67. The molecule has 1 heterocycles. The van der Waals surface area contributed by atoms with Crippen molar-refractivity contribution < 1.29 is 4.79 Å². The van der Waals surface area contributed by atoms with Crippen molar-refractivity contribution in [1.29, 1.82) is 0 Å². The fraction of sp³-hybridized carbons (Fsp3) is 0.143. The third kappa shape index (κ3) is 3.14. The van der Waals surface area contributed by atoms with E-state index in [9.17, 15) is 4.79 Å². The van der Waals surface area contributed by atoms with Crippen LogP contribution in [-0.4, -0.2) is 10.9 Å². The molecule has 0 atom stereocenters. The normalized spacial score (nSPS) is 10.3. The van der Waals surface area contributed by atoms with E-state index < -0.39 is 0 Å². The SMILES string of the molecule is Cc1cccc(C(=O)Nc2ccc(Cl)nc2C)c1Br. The summed E-state index contributed by atoms with van der Waals surface area (Å²) in [4.78, 5) is 16.3. The zero-order valence-corrected chi connectivity index (χ0v) is 12.8. The van der Waals surface area contributed by atoms with Crippen LogP contribution in [0.4, 0.5) is 5.69 Å². The van der Waals surface area contributed by atoms with Gasteiger partial charge in [-0.1, -0.05) is 23.7 Å². The molecular weight excluding hydrogens is 328 g/mol. The molecule has 19 heavy (non-hydrogen) atoms. The first-order valence-corrected chi connectivity index (χ1v) is 6.85. The maximum Gasteiger partial charge on any atom is 0.256 e. The van der Waals surface area contributed by atoms with Crippen LogP contribution in [0.25, 0.3) is 0 Å². The van der Waals surface area contributed by atoms with Gasteiger partial charge in [0, 0.05) is 4.47 Å². The van der Waals surface area contributed by atoms with Gasteiger partial charge >= 0.3 is 0 Å². The maximum atomic E-state index is 12.2. The van der Waals surface area contributed by atoms with Crippen LogP contribution >= 0.6 is 27.5 Å². The number of aryl methyl sites for hydroxylation is 2. The number of aromatic nitrogens is 1. The molecule has 2 aromatic rings. The summed E-state index contributed by atoms with van der Waals surface area (Å²) in [5, 5.41) is 3.24. The van der Waals surface area contributed by atoms with Gasteiger partial charge in [-0.3, -0.25) is 4.79 Å². The molecule has 0 unspecified atom stereocenters. The van der Waals surface area contributed by atoms with Gasteiger partial charge in [0.15, 0.2) is 0 Å². The van der Waals surface area contributed by atoms with Crippen molar-refractivity contribution in [2.75, 3.05) is 5.32 Å². The number of hydrogen-bond donors (Lipinski definition) is 1. The molecule has 2 rings (SSSR count). The molecule has 0 saturated carbocycles. The summed E-state index contributed by atoms with van der Waals surface area (Å²) in [5.74, 6) is -0.178. The van der Waals surface area contributed by atoms with Gasteiger partial charge in [0.25, 0.3) is 5.91 Å². The Labute approximate surface area is 125 Å². The van der Waals surface area contributed by atoms with Crippen molar-refractivity contribution >= 4 is 39.1 Å². The summed E-state index contributed by atoms with van der Waals surface area (Å²) >= 11 is 9.21. The van der Waals surface area contributed by atoms with Crippen LogP contribution in [-0.2, 0) is 0 Å². The average Bonchev–Trinajstić information content (AvgIpc) is 2.36. The van der Waals surface area contributed by atoms with E-state index in [-0.39, 0.29) is 5.91 Å². The predicted molar refractivity (Wildman–Crippen MR) is 80.8 cm³/mol. The molecule has 1 amide bonds. The van der Waals surface area contributed by atoms with Gasteiger partial charge in [-0.2, -0.15) is 0 Å². The molecule has 0 aliphatic carbocycles. The van der Waals surface area contributed by atoms with Crippen LogP contribution in [0, 0.1) is 13.8 Å². The second kappa shape index (κ2) is 5.72. The fourth-order valence-corrected chi connectivity index (χ4v) is 2.31. The Balaban J connectivity index is 2.28. The summed E-state index contributed by atoms with van der Waals surface area (Å²) in [6.45, 7) is 3.74. The molecule has 0 saturated heterocycles. The van der Waals surface area contributed by atoms with E-state index in [2.05, 4.69) is 26.2 Å². The largest absolute Gasteiger partial charge is 0.320 e. The van der Waals surface area contributed by atoms with E-state index in [0.717, 1.165) is 10.0 Å². The zero-order valence-electron chi connectivity index (χ0n) is 10.5. The Morgan fingerprint density at radius 1 is 1.26 bits per heavy atom. The lowest BCUT2D eigenvalue weighted by Crippen LogP contribution is -2.14. The summed E-state index contributed by atoms with van der Waals surface area (Å²) < 4.78 is 0.798. The Hall–Kier alpha value is -1.39. The van der Waals surface area contributed by atoms with Crippen LogP contribution in [0.15, 0.2) is 34.8 Å². The highest BCUT2D eigenvalue weighted by Crippen LogP contribution is 2.23. The molecular formula is C14H12BrClN2O. The standard InChI is InChI=1S/C14H12BrClN2O/c1-8-4-3-5-10(13(8)15)14(19)18-11-6-7-12(16)17-9(11)2/h3-7H,1-2H3,(H,18,19). The molecule has 0 bridgehead atoms. The van der Waals surface area contributed by atoms with Crippen molar-refractivity contribution in [3.63, 3.8) is 0 Å². The Kier molecular flexibility index (Phi) is 4.22. The first-order valence-electron chi connectivity index (χ1n) is 5.68. The van der Waals surface area contributed by atoms with Crippen LogP contribution in [0.2, 0.25) is 5.15 Å². The second-order valence-corrected chi connectivity index (χ2v) is 5.34. The maximum absolute atomic E-state index is 12.2. The number of carbonyl (C=O) groups is 1. The summed E-state index contributed by atoms with van der Waals surface area (Å²) in [7, 11) is 0. The summed E-state index contributed by atoms with van der Waals surface area (Å²) in [6.07, 6.45) is 0. The second-order valence-electron chi connectivity index (χ2n) is 4.16. The lowest BCUT2D eigenvalue weighted by Gasteiger charge is -2.10. The van der Waals surface area contributed by atoms with E-state index in [0.29, 0.717) is 22.1 Å². The van der Waals surface area contributed by atoms with Gasteiger partial charge < -0.3 is 5.32 Å². The minimum atomic E-state index is -0.178. The number of rotatable bonds is 2. The summed E-state index contributed by atoms with van der Waals surface area (Å²) in [5.41, 5.74) is 2.94. The van der Waals surface area contributed by atoms with Crippen molar-refractivity contribution in [2.24, 2.45) is 0 Å². The molecule has 98 valence electrons. The number of pyridine rings is 1. The van der Waals surface area contributed by atoms with Gasteiger partial charge in [0.1, 0.15) is 5.15 Å². The van der Waals surface area contributed by atoms with Crippen LogP contribution in [0.1, 0.15) is 21.6 Å². The zero-order chi connectivity index (χ0) is 14.0. The number of amides is 1. The minimum Gasteiger partial charge on any atom is -0.320 e. The molecule has 1 aromatic carbocycles. The average molecular weight is 340 g/mol. The van der Waals surface area contributed by atoms with Crippen molar-refractivity contribution in [3.8, 4) is 0 Å². The molecule has 0 fully saturated rings. The van der Waals surface area contributed by atoms with Crippen LogP contribution < -0.4 is 5.32 Å². The lowest BCUT2D eigenvalue weighted by molar-refractivity contribution is 0.102. The first-order chi connectivity index (χ1) is 8.99. The number of hydrogen-bond acceptors (Lipinski definition) is 2. The van der Waals surface area contributed by atoms with Crippen LogP contribution in [0.5, 0.6) is 0 Å². The van der Waals surface area contributed by atoms with E-state index in [1.54, 1.807) is 25.1 Å². The highest BCUT2D eigenvalue weighted by atomic mass is 79.9. The molecule has 0 spiro atoms. The molecule has 0 aliphatic rings. The Bertz CT molecular complexity index is 643. The number of carbonyl (C=O) groups excluding carboxylic acids is 1. The number of nitrogens with zero attached hydrogens (tertiary/aromatic N) is 1. The van der Waals surface area contributed by atoms with Gasteiger partial charge in [-0.15, -0.1) is 0 Å². The predicted octanol–water partition coefficient (Wildman–Crippen LogP) is 4.37. The van der Waals surface area contributed by atoms with Gasteiger partial charge in [-0.25, -0.2) is 4.98 Å². The quantitative estimate of drug-likeness (QED) is 0.826. The lowest BCUT2D eigenvalue weighted by atomic mass is 10.1. The Morgan fingerprint density at radius 2 is 2.00 bits per heavy atom. The van der Waals surface area contributed by atoms with Gasteiger partial charge in [0.2, 0.25) is 0 Å². The molecule has 5 heteroatoms. The van der Waals surface area contributed by atoms with Crippen molar-refractivity contribution in [3.05, 3.63) is 56.8 Å². The third-order valence-corrected chi connectivity index (χ3v) is 4.00. The smallest absolute Gasteiger partial charge is 0.256 e. The summed E-state index contributed by atoms with van der Waals surface area (Å²) in [6, 6.07) is 8.95. The number of anilines is 1. The van der Waals surface area contributed by atoms with E-state index in [1.165, 1.54) is 0 Å².